The van der Waals surface area contributed by atoms with Gasteiger partial charge in [-0.3, -0.25) is 4.79 Å². The molecule has 0 aromatic heterocycles. The summed E-state index contributed by atoms with van der Waals surface area (Å²) in [5, 5.41) is 0. The zero-order chi connectivity index (χ0) is 13.3. The number of hydrogen-bond donors (Lipinski definition) is 1. The molecule has 2 rings (SSSR count). The molecule has 0 saturated heterocycles. The van der Waals surface area contributed by atoms with Crippen LogP contribution in [0.1, 0.15) is 32.6 Å². The van der Waals surface area contributed by atoms with Crippen LogP contribution in [0.4, 0.5) is 5.69 Å². The number of nitrogen functional groups attached to an aromatic ring is 1. The number of hydrogen-bond acceptors (Lipinski definition) is 2. The van der Waals surface area contributed by atoms with Gasteiger partial charge < -0.3 is 5.73 Å². The van der Waals surface area contributed by atoms with E-state index in [4.69, 9.17) is 5.73 Å². The Morgan fingerprint density at radius 2 is 1.44 bits per heavy atom. The number of carbonyl (C=O) groups is 1. The minimum absolute atomic E-state index is 0.0426. The van der Waals surface area contributed by atoms with E-state index >= 15 is 0 Å². The van der Waals surface area contributed by atoms with Crippen LogP contribution < -0.4 is 5.73 Å². The van der Waals surface area contributed by atoms with Gasteiger partial charge in [0.1, 0.15) is 0 Å². The summed E-state index contributed by atoms with van der Waals surface area (Å²) in [6, 6.07) is 11.3. The van der Waals surface area contributed by atoms with Gasteiger partial charge in [0.15, 0.2) is 5.78 Å². The minimum Gasteiger partial charge on any atom is -0.398 e. The normalized spacial score (nSPS) is 10.4. The SMILES string of the molecule is Cc1cccc(C(=O)c2cccc(N)c2C)c1C. The molecule has 0 aliphatic rings. The second kappa shape index (κ2) is 4.65. The van der Waals surface area contributed by atoms with Crippen molar-refractivity contribution in [3.05, 3.63) is 64.2 Å². The van der Waals surface area contributed by atoms with E-state index in [9.17, 15) is 4.79 Å². The van der Waals surface area contributed by atoms with Gasteiger partial charge in [0.05, 0.1) is 0 Å². The Hall–Kier alpha value is -2.09. The molecule has 0 saturated carbocycles. The second-order valence-corrected chi connectivity index (χ2v) is 4.60. The molecule has 2 aromatic rings. The van der Waals surface area contributed by atoms with Crippen molar-refractivity contribution < 1.29 is 4.79 Å². The number of aryl methyl sites for hydroxylation is 1. The van der Waals surface area contributed by atoms with Gasteiger partial charge in [0, 0.05) is 16.8 Å². The van der Waals surface area contributed by atoms with Gasteiger partial charge >= 0.3 is 0 Å². The molecular weight excluding hydrogens is 222 g/mol. The average molecular weight is 239 g/mol. The number of anilines is 1. The third-order valence-corrected chi connectivity index (χ3v) is 3.47. The van der Waals surface area contributed by atoms with Gasteiger partial charge in [-0.25, -0.2) is 0 Å². The van der Waals surface area contributed by atoms with Crippen molar-refractivity contribution in [2.75, 3.05) is 5.73 Å². The van der Waals surface area contributed by atoms with Gasteiger partial charge in [-0.05, 0) is 43.5 Å². The molecule has 0 fully saturated rings. The maximum atomic E-state index is 12.5. The van der Waals surface area contributed by atoms with Gasteiger partial charge in [0.25, 0.3) is 0 Å². The quantitative estimate of drug-likeness (QED) is 0.644. The number of benzene rings is 2. The second-order valence-electron chi connectivity index (χ2n) is 4.60. The molecule has 2 heteroatoms. The summed E-state index contributed by atoms with van der Waals surface area (Å²) in [6.45, 7) is 5.87. The van der Waals surface area contributed by atoms with Crippen molar-refractivity contribution in [1.82, 2.24) is 0 Å². The smallest absolute Gasteiger partial charge is 0.193 e. The molecule has 0 bridgehead atoms. The molecule has 0 aliphatic heterocycles. The first-order valence-corrected chi connectivity index (χ1v) is 5.98. The van der Waals surface area contributed by atoms with E-state index in [0.29, 0.717) is 11.3 Å². The Morgan fingerprint density at radius 3 is 2.11 bits per heavy atom. The minimum atomic E-state index is 0.0426. The van der Waals surface area contributed by atoms with Crippen LogP contribution in [0.15, 0.2) is 36.4 Å². The van der Waals surface area contributed by atoms with Crippen molar-refractivity contribution in [2.24, 2.45) is 0 Å². The van der Waals surface area contributed by atoms with Gasteiger partial charge in [-0.2, -0.15) is 0 Å². The number of rotatable bonds is 2. The highest BCUT2D eigenvalue weighted by molar-refractivity contribution is 6.11. The summed E-state index contributed by atoms with van der Waals surface area (Å²) in [5.74, 6) is 0.0426. The predicted molar refractivity (Wildman–Crippen MR) is 74.9 cm³/mol. The molecule has 0 atom stereocenters. The first-order valence-electron chi connectivity index (χ1n) is 5.98. The van der Waals surface area contributed by atoms with Crippen molar-refractivity contribution in [1.29, 1.82) is 0 Å². The molecular formula is C16H17NO. The molecule has 92 valence electrons. The zero-order valence-electron chi connectivity index (χ0n) is 10.9. The molecule has 0 radical (unpaired) electrons. The monoisotopic (exact) mass is 239 g/mol. The van der Waals surface area contributed by atoms with Gasteiger partial charge in [0.2, 0.25) is 0 Å². The summed E-state index contributed by atoms with van der Waals surface area (Å²) in [5.41, 5.74) is 11.0. The van der Waals surface area contributed by atoms with Crippen molar-refractivity contribution in [3.8, 4) is 0 Å². The van der Waals surface area contributed by atoms with Crippen molar-refractivity contribution in [2.45, 2.75) is 20.8 Å². The van der Waals surface area contributed by atoms with Crippen molar-refractivity contribution in [3.63, 3.8) is 0 Å². The molecule has 2 N–H and O–H groups in total. The Kier molecular flexibility index (Phi) is 3.19. The Morgan fingerprint density at radius 1 is 0.889 bits per heavy atom. The summed E-state index contributed by atoms with van der Waals surface area (Å²) >= 11 is 0. The first kappa shape index (κ1) is 12.4. The molecule has 2 aromatic carbocycles. The third-order valence-electron chi connectivity index (χ3n) is 3.47. The molecule has 0 amide bonds. The highest BCUT2D eigenvalue weighted by atomic mass is 16.1. The Labute approximate surface area is 107 Å². The van der Waals surface area contributed by atoms with Crippen LogP contribution >= 0.6 is 0 Å². The average Bonchev–Trinajstić information content (AvgIpc) is 2.35. The van der Waals surface area contributed by atoms with Crippen LogP contribution in [-0.2, 0) is 0 Å². The summed E-state index contributed by atoms with van der Waals surface area (Å²) in [7, 11) is 0. The molecule has 0 heterocycles. The third kappa shape index (κ3) is 2.02. The number of carbonyl (C=O) groups excluding carboxylic acids is 1. The van der Waals surface area contributed by atoms with E-state index < -0.39 is 0 Å². The molecule has 18 heavy (non-hydrogen) atoms. The summed E-state index contributed by atoms with van der Waals surface area (Å²) < 4.78 is 0. The Balaban J connectivity index is 2.55. The summed E-state index contributed by atoms with van der Waals surface area (Å²) in [6.07, 6.45) is 0. The van der Waals surface area contributed by atoms with Crippen LogP contribution in [0.3, 0.4) is 0 Å². The fourth-order valence-corrected chi connectivity index (χ4v) is 2.04. The number of nitrogens with two attached hydrogens (primary N) is 1. The standard InChI is InChI=1S/C16H17NO/c1-10-6-4-7-13(11(10)2)16(18)14-8-5-9-15(17)12(14)3/h4-9H,17H2,1-3H3. The first-order chi connectivity index (χ1) is 8.52. The largest absolute Gasteiger partial charge is 0.398 e. The lowest BCUT2D eigenvalue weighted by Crippen LogP contribution is -2.08. The number of ketones is 1. The van der Waals surface area contributed by atoms with Crippen LogP contribution in [0, 0.1) is 20.8 Å². The van der Waals surface area contributed by atoms with Crippen LogP contribution in [0.5, 0.6) is 0 Å². The van der Waals surface area contributed by atoms with E-state index in [1.807, 2.05) is 57.2 Å². The van der Waals surface area contributed by atoms with E-state index in [0.717, 1.165) is 22.3 Å². The highest BCUT2D eigenvalue weighted by Crippen LogP contribution is 2.22. The van der Waals surface area contributed by atoms with Crippen LogP contribution in [0.25, 0.3) is 0 Å². The maximum Gasteiger partial charge on any atom is 0.193 e. The van der Waals surface area contributed by atoms with E-state index in [1.54, 1.807) is 0 Å². The van der Waals surface area contributed by atoms with E-state index in [2.05, 4.69) is 0 Å². The van der Waals surface area contributed by atoms with Crippen LogP contribution in [-0.4, -0.2) is 5.78 Å². The molecule has 2 nitrogen and oxygen atoms in total. The lowest BCUT2D eigenvalue weighted by atomic mass is 9.93. The lowest BCUT2D eigenvalue weighted by Gasteiger charge is -2.10. The maximum absolute atomic E-state index is 12.5. The van der Waals surface area contributed by atoms with Crippen LogP contribution in [0.2, 0.25) is 0 Å². The zero-order valence-corrected chi connectivity index (χ0v) is 10.9. The van der Waals surface area contributed by atoms with Crippen molar-refractivity contribution >= 4 is 11.5 Å². The van der Waals surface area contributed by atoms with E-state index in [-0.39, 0.29) is 5.78 Å². The fourth-order valence-electron chi connectivity index (χ4n) is 2.04. The van der Waals surface area contributed by atoms with Gasteiger partial charge in [-0.15, -0.1) is 0 Å². The predicted octanol–water partition coefficient (Wildman–Crippen LogP) is 3.43. The van der Waals surface area contributed by atoms with Gasteiger partial charge in [-0.1, -0.05) is 30.3 Å². The summed E-state index contributed by atoms with van der Waals surface area (Å²) in [4.78, 5) is 12.5. The lowest BCUT2D eigenvalue weighted by molar-refractivity contribution is 0.103. The highest BCUT2D eigenvalue weighted by Gasteiger charge is 2.15. The molecule has 0 aliphatic carbocycles. The topological polar surface area (TPSA) is 43.1 Å². The van der Waals surface area contributed by atoms with E-state index in [1.165, 1.54) is 0 Å². The molecule has 0 spiro atoms. The fraction of sp³-hybridized carbons (Fsp3) is 0.188. The Bertz CT molecular complexity index is 561. The molecule has 0 unspecified atom stereocenters.